The van der Waals surface area contributed by atoms with Crippen molar-refractivity contribution in [2.45, 2.75) is 19.3 Å². The van der Waals surface area contributed by atoms with Gasteiger partial charge in [-0.25, -0.2) is 18.4 Å². The summed E-state index contributed by atoms with van der Waals surface area (Å²) in [6.45, 7) is 0.603. The van der Waals surface area contributed by atoms with E-state index in [1.54, 1.807) is 42.5 Å². The zero-order chi connectivity index (χ0) is 29.7. The van der Waals surface area contributed by atoms with E-state index in [1.807, 2.05) is 6.07 Å². The Bertz CT molecular complexity index is 1790. The number of nitrogens with zero attached hydrogens (tertiary/aromatic N) is 3. The molecule has 3 heterocycles. The molecule has 0 radical (unpaired) electrons. The number of ether oxygens (including phenoxy) is 1. The van der Waals surface area contributed by atoms with Gasteiger partial charge in [-0.15, -0.1) is 0 Å². The van der Waals surface area contributed by atoms with Gasteiger partial charge in [-0.05, 0) is 42.0 Å². The van der Waals surface area contributed by atoms with Crippen molar-refractivity contribution in [1.29, 1.82) is 0 Å². The van der Waals surface area contributed by atoms with Crippen molar-refractivity contribution < 1.29 is 30.7 Å². The third kappa shape index (κ3) is 7.42. The fourth-order valence-corrected chi connectivity index (χ4v) is 4.62. The van der Waals surface area contributed by atoms with Crippen molar-refractivity contribution in [2.75, 3.05) is 23.9 Å². The zero-order valence-corrected chi connectivity index (χ0v) is 23.2. The third-order valence-electron chi connectivity index (χ3n) is 6.17. The average Bonchev–Trinajstić information content (AvgIpc) is 3.43. The molecule has 2 aromatic carbocycles. The quantitative estimate of drug-likeness (QED) is 0.183. The van der Waals surface area contributed by atoms with E-state index >= 15 is 0 Å². The number of fused-ring (bicyclic) bond motifs is 1. The first-order valence-corrected chi connectivity index (χ1v) is 14.8. The number of nitrogens with one attached hydrogen (secondary N) is 2. The number of furan rings is 1. The summed E-state index contributed by atoms with van der Waals surface area (Å²) in [6.07, 6.45) is -0.665. The summed E-state index contributed by atoms with van der Waals surface area (Å²) in [5.41, 5.74) is 0.926. The monoisotopic (exact) mass is 597 g/mol. The second-order valence-corrected chi connectivity index (χ2v) is 11.7. The highest BCUT2D eigenvalue weighted by atomic mass is 32.2. The van der Waals surface area contributed by atoms with Gasteiger partial charge in [-0.1, -0.05) is 30.3 Å². The SMILES string of the molecule is CS(=O)(=O)CCNCc1ccc(-c2cc3c(Nc4ccc(OCc5ccccc5)c(C(F)(F)F)c4)ncnc3cn2)o1. The van der Waals surface area contributed by atoms with E-state index in [-0.39, 0.29) is 36.2 Å². The van der Waals surface area contributed by atoms with Gasteiger partial charge in [0, 0.05) is 23.9 Å². The van der Waals surface area contributed by atoms with Crippen LogP contribution in [0.15, 0.2) is 83.7 Å². The van der Waals surface area contributed by atoms with Gasteiger partial charge in [-0.2, -0.15) is 13.2 Å². The van der Waals surface area contributed by atoms with Crippen LogP contribution in [-0.4, -0.2) is 41.9 Å². The highest BCUT2D eigenvalue weighted by Crippen LogP contribution is 2.39. The predicted molar refractivity (Wildman–Crippen MR) is 152 cm³/mol. The minimum absolute atomic E-state index is 0.00573. The molecule has 0 atom stereocenters. The number of pyridine rings is 1. The van der Waals surface area contributed by atoms with Crippen LogP contribution in [0, 0.1) is 0 Å². The topological polar surface area (TPSA) is 119 Å². The molecule has 0 aliphatic carbocycles. The van der Waals surface area contributed by atoms with Crippen LogP contribution in [0.1, 0.15) is 16.9 Å². The summed E-state index contributed by atoms with van der Waals surface area (Å²) in [4.78, 5) is 12.9. The Labute approximate surface area is 239 Å². The number of anilines is 2. The molecule has 0 aliphatic heterocycles. The second-order valence-electron chi connectivity index (χ2n) is 9.49. The van der Waals surface area contributed by atoms with Crippen molar-refractivity contribution in [2.24, 2.45) is 0 Å². The van der Waals surface area contributed by atoms with Gasteiger partial charge < -0.3 is 19.8 Å². The first-order chi connectivity index (χ1) is 20.0. The number of hydrogen-bond donors (Lipinski definition) is 2. The van der Waals surface area contributed by atoms with Crippen LogP contribution in [0.25, 0.3) is 22.4 Å². The van der Waals surface area contributed by atoms with Crippen molar-refractivity contribution in [1.82, 2.24) is 20.3 Å². The van der Waals surface area contributed by atoms with E-state index in [0.717, 1.165) is 11.6 Å². The highest BCUT2D eigenvalue weighted by Gasteiger charge is 2.35. The molecule has 218 valence electrons. The number of halogens is 3. The Morgan fingerprint density at radius 2 is 1.79 bits per heavy atom. The van der Waals surface area contributed by atoms with Crippen molar-refractivity contribution in [3.05, 3.63) is 96.1 Å². The molecule has 0 bridgehead atoms. The summed E-state index contributed by atoms with van der Waals surface area (Å²) in [5.74, 6) is 1.04. The summed E-state index contributed by atoms with van der Waals surface area (Å²) in [5, 5.41) is 6.50. The molecule has 0 saturated heterocycles. The smallest absolute Gasteiger partial charge is 0.420 e. The molecule has 3 aromatic heterocycles. The highest BCUT2D eigenvalue weighted by molar-refractivity contribution is 7.90. The van der Waals surface area contributed by atoms with Crippen molar-refractivity contribution in [3.63, 3.8) is 0 Å². The summed E-state index contributed by atoms with van der Waals surface area (Å²) >= 11 is 0. The van der Waals surface area contributed by atoms with Gasteiger partial charge in [0.1, 0.15) is 45.8 Å². The van der Waals surface area contributed by atoms with Crippen molar-refractivity contribution >= 4 is 32.2 Å². The van der Waals surface area contributed by atoms with Gasteiger partial charge in [0.25, 0.3) is 0 Å². The second kappa shape index (κ2) is 12.2. The minimum atomic E-state index is -4.65. The maximum Gasteiger partial charge on any atom is 0.420 e. The molecular weight excluding hydrogens is 571 g/mol. The Morgan fingerprint density at radius 3 is 2.55 bits per heavy atom. The van der Waals surface area contributed by atoms with Crippen molar-refractivity contribution in [3.8, 4) is 17.2 Å². The lowest BCUT2D eigenvalue weighted by Crippen LogP contribution is -2.21. The van der Waals surface area contributed by atoms with E-state index in [9.17, 15) is 21.6 Å². The normalized spacial score (nSPS) is 12.0. The number of rotatable bonds is 11. The Morgan fingerprint density at radius 1 is 0.976 bits per heavy atom. The van der Waals surface area contributed by atoms with Crippen LogP contribution in [-0.2, 0) is 29.2 Å². The van der Waals surface area contributed by atoms with Gasteiger partial charge in [0.05, 0.1) is 29.6 Å². The molecule has 0 aliphatic rings. The fraction of sp³-hybridized carbons (Fsp3) is 0.207. The van der Waals surface area contributed by atoms with E-state index < -0.39 is 21.6 Å². The van der Waals surface area contributed by atoms with Crippen LogP contribution in [0.2, 0.25) is 0 Å². The summed E-state index contributed by atoms with van der Waals surface area (Å²) in [6, 6.07) is 17.8. The zero-order valence-electron chi connectivity index (χ0n) is 22.4. The lowest BCUT2D eigenvalue weighted by atomic mass is 10.1. The average molecular weight is 598 g/mol. The fourth-order valence-electron chi connectivity index (χ4n) is 4.10. The lowest BCUT2D eigenvalue weighted by Gasteiger charge is -2.16. The summed E-state index contributed by atoms with van der Waals surface area (Å²) < 4.78 is 75.8. The summed E-state index contributed by atoms with van der Waals surface area (Å²) in [7, 11) is -3.07. The lowest BCUT2D eigenvalue weighted by molar-refractivity contribution is -0.139. The molecular formula is C29H26F3N5O4S. The molecule has 13 heteroatoms. The maximum atomic E-state index is 14.0. The number of sulfone groups is 1. The van der Waals surface area contributed by atoms with E-state index in [1.165, 1.54) is 30.9 Å². The molecule has 0 amide bonds. The molecule has 0 spiro atoms. The predicted octanol–water partition coefficient (Wildman–Crippen LogP) is 5.76. The maximum absolute atomic E-state index is 14.0. The molecule has 5 rings (SSSR count). The standard InChI is InChI=1S/C29H26F3N5O4S/c1-42(38,39)12-11-33-15-21-8-10-27(41-21)24-14-22-25(16-34-24)35-18-36-28(22)37-20-7-9-26(23(13-20)29(30,31)32)40-17-19-5-3-2-4-6-19/h2-10,13-14,16,18,33H,11-12,15,17H2,1H3,(H,35,36,37). The third-order valence-corrected chi connectivity index (χ3v) is 7.12. The van der Waals surface area contributed by atoms with Gasteiger partial charge >= 0.3 is 6.18 Å². The van der Waals surface area contributed by atoms with Crippen LogP contribution in [0.3, 0.4) is 0 Å². The molecule has 0 fully saturated rings. The molecule has 9 nitrogen and oxygen atoms in total. The van der Waals surface area contributed by atoms with E-state index in [4.69, 9.17) is 9.15 Å². The van der Waals surface area contributed by atoms with Crippen LogP contribution < -0.4 is 15.4 Å². The Hall–Kier alpha value is -4.49. The Balaban J connectivity index is 1.36. The molecule has 0 saturated carbocycles. The molecule has 5 aromatic rings. The van der Waals surface area contributed by atoms with Crippen LogP contribution in [0.5, 0.6) is 5.75 Å². The van der Waals surface area contributed by atoms with Crippen LogP contribution in [0.4, 0.5) is 24.7 Å². The van der Waals surface area contributed by atoms with Gasteiger partial charge in [0.2, 0.25) is 0 Å². The van der Waals surface area contributed by atoms with Gasteiger partial charge in [0.15, 0.2) is 5.76 Å². The van der Waals surface area contributed by atoms with Crippen LogP contribution >= 0.6 is 0 Å². The number of benzene rings is 2. The first-order valence-electron chi connectivity index (χ1n) is 12.8. The largest absolute Gasteiger partial charge is 0.488 e. The molecule has 0 unspecified atom stereocenters. The number of aromatic nitrogens is 3. The molecule has 42 heavy (non-hydrogen) atoms. The number of alkyl halides is 3. The van der Waals surface area contributed by atoms with Gasteiger partial charge in [-0.3, -0.25) is 4.98 Å². The minimum Gasteiger partial charge on any atom is -0.488 e. The van der Waals surface area contributed by atoms with E-state index in [2.05, 4.69) is 25.6 Å². The van der Waals surface area contributed by atoms with E-state index in [0.29, 0.717) is 34.7 Å². The Kier molecular flexibility index (Phi) is 8.41. The number of hydrogen-bond acceptors (Lipinski definition) is 9. The first kappa shape index (κ1) is 29.0. The molecule has 2 N–H and O–H groups in total.